The molecule has 1 N–H and O–H groups in total. The molecule has 0 aromatic carbocycles. The molecule has 0 saturated heterocycles. The smallest absolute Gasteiger partial charge is 0.307 e. The van der Waals surface area contributed by atoms with Crippen molar-refractivity contribution < 1.29 is 24.2 Å². The van der Waals surface area contributed by atoms with Crippen LogP contribution in [0.25, 0.3) is 0 Å². The van der Waals surface area contributed by atoms with E-state index in [1.807, 2.05) is 13.8 Å². The highest BCUT2D eigenvalue weighted by atomic mass is 16.5. The normalized spacial score (nSPS) is 22.8. The lowest BCUT2D eigenvalue weighted by Gasteiger charge is -2.25. The molecule has 1 amide bonds. The molecule has 6 nitrogen and oxygen atoms in total. The Hall–Kier alpha value is -1.59. The molecule has 0 radical (unpaired) electrons. The molecule has 0 bridgehead atoms. The lowest BCUT2D eigenvalue weighted by atomic mass is 10.1. The van der Waals surface area contributed by atoms with Gasteiger partial charge in [0.25, 0.3) is 0 Å². The first-order valence-corrected chi connectivity index (χ1v) is 7.21. The Morgan fingerprint density at radius 2 is 1.81 bits per heavy atom. The number of ether oxygens (including phenoxy) is 1. The molecule has 0 aromatic heterocycles. The van der Waals surface area contributed by atoms with Crippen LogP contribution in [0.15, 0.2) is 0 Å². The number of aliphatic carboxylic acids is 1. The number of esters is 1. The van der Waals surface area contributed by atoms with Crippen LogP contribution in [0.5, 0.6) is 0 Å². The average Bonchev–Trinajstić information content (AvgIpc) is 2.95. The second-order valence-electron chi connectivity index (χ2n) is 6.62. The van der Waals surface area contributed by atoms with Crippen LogP contribution < -0.4 is 0 Å². The van der Waals surface area contributed by atoms with E-state index in [9.17, 15) is 19.5 Å². The second kappa shape index (κ2) is 6.45. The first-order chi connectivity index (χ1) is 9.62. The topological polar surface area (TPSA) is 83.9 Å². The van der Waals surface area contributed by atoms with Crippen LogP contribution in [-0.2, 0) is 19.1 Å². The summed E-state index contributed by atoms with van der Waals surface area (Å²) in [7, 11) is 1.31. The van der Waals surface area contributed by atoms with Gasteiger partial charge in [-0.3, -0.25) is 14.4 Å². The Labute approximate surface area is 125 Å². The van der Waals surface area contributed by atoms with Crippen molar-refractivity contribution in [2.24, 2.45) is 23.2 Å². The summed E-state index contributed by atoms with van der Waals surface area (Å²) >= 11 is 0. The molecule has 2 unspecified atom stereocenters. The summed E-state index contributed by atoms with van der Waals surface area (Å²) in [6.07, 6.45) is 0.125. The van der Waals surface area contributed by atoms with Crippen LogP contribution in [0.4, 0.5) is 0 Å². The molecule has 6 heteroatoms. The summed E-state index contributed by atoms with van der Waals surface area (Å²) in [6.45, 7) is 8.32. The third-order valence-corrected chi connectivity index (χ3v) is 4.07. The van der Waals surface area contributed by atoms with Gasteiger partial charge in [0.2, 0.25) is 5.91 Å². The lowest BCUT2D eigenvalue weighted by molar-refractivity contribution is -0.144. The molecular formula is C15H25NO5. The van der Waals surface area contributed by atoms with E-state index in [0.717, 1.165) is 0 Å². The van der Waals surface area contributed by atoms with E-state index >= 15 is 0 Å². The van der Waals surface area contributed by atoms with Crippen molar-refractivity contribution >= 4 is 17.8 Å². The number of carbonyl (C=O) groups is 3. The van der Waals surface area contributed by atoms with Crippen LogP contribution in [0.1, 0.15) is 34.1 Å². The van der Waals surface area contributed by atoms with Gasteiger partial charge in [-0.05, 0) is 11.3 Å². The van der Waals surface area contributed by atoms with Crippen molar-refractivity contribution in [3.8, 4) is 0 Å². The standard InChI is InChI=1S/C15H25NO5/c1-9(2)8-16(7-6-10(17)21-5)13(18)11-12(14(19)20)15(11,3)4/h9,11-12H,6-8H2,1-5H3,(H,19,20). The molecule has 1 fully saturated rings. The number of amides is 1. The maximum Gasteiger partial charge on any atom is 0.307 e. The predicted molar refractivity (Wildman–Crippen MR) is 76.4 cm³/mol. The lowest BCUT2D eigenvalue weighted by Crippen LogP contribution is -2.38. The summed E-state index contributed by atoms with van der Waals surface area (Å²) in [5.41, 5.74) is -0.524. The van der Waals surface area contributed by atoms with Crippen molar-refractivity contribution in [1.29, 1.82) is 0 Å². The van der Waals surface area contributed by atoms with E-state index in [2.05, 4.69) is 4.74 Å². The summed E-state index contributed by atoms with van der Waals surface area (Å²) in [6, 6.07) is 0. The van der Waals surface area contributed by atoms with E-state index in [4.69, 9.17) is 0 Å². The van der Waals surface area contributed by atoms with Gasteiger partial charge < -0.3 is 14.7 Å². The number of hydrogen-bond acceptors (Lipinski definition) is 4. The first-order valence-electron chi connectivity index (χ1n) is 7.21. The molecule has 1 saturated carbocycles. The van der Waals surface area contributed by atoms with Crippen LogP contribution >= 0.6 is 0 Å². The fraction of sp³-hybridized carbons (Fsp3) is 0.800. The number of carboxylic acid groups (broad SMARTS) is 1. The molecule has 0 aliphatic heterocycles. The number of carboxylic acids is 1. The minimum Gasteiger partial charge on any atom is -0.481 e. The minimum atomic E-state index is -0.934. The third-order valence-electron chi connectivity index (χ3n) is 4.07. The molecule has 21 heavy (non-hydrogen) atoms. The summed E-state index contributed by atoms with van der Waals surface area (Å²) in [4.78, 5) is 36.6. The molecule has 0 spiro atoms. The number of rotatable bonds is 7. The van der Waals surface area contributed by atoms with Crippen molar-refractivity contribution in [3.05, 3.63) is 0 Å². The van der Waals surface area contributed by atoms with E-state index in [1.54, 1.807) is 18.7 Å². The summed E-state index contributed by atoms with van der Waals surface area (Å²) in [5.74, 6) is -2.39. The zero-order chi connectivity index (χ0) is 16.4. The molecule has 1 aliphatic rings. The molecule has 2 atom stereocenters. The highest BCUT2D eigenvalue weighted by Crippen LogP contribution is 2.59. The highest BCUT2D eigenvalue weighted by molar-refractivity contribution is 5.91. The van der Waals surface area contributed by atoms with Crippen molar-refractivity contribution in [2.75, 3.05) is 20.2 Å². The van der Waals surface area contributed by atoms with Crippen molar-refractivity contribution in [1.82, 2.24) is 4.90 Å². The van der Waals surface area contributed by atoms with Gasteiger partial charge in [-0.1, -0.05) is 27.7 Å². The van der Waals surface area contributed by atoms with Gasteiger partial charge in [0.05, 0.1) is 25.4 Å². The number of nitrogens with zero attached hydrogens (tertiary/aromatic N) is 1. The third kappa shape index (κ3) is 3.95. The first kappa shape index (κ1) is 17.5. The Morgan fingerprint density at radius 1 is 1.24 bits per heavy atom. The Morgan fingerprint density at radius 3 is 2.19 bits per heavy atom. The van der Waals surface area contributed by atoms with Gasteiger partial charge in [-0.25, -0.2) is 0 Å². The van der Waals surface area contributed by atoms with Crippen LogP contribution in [-0.4, -0.2) is 48.1 Å². The van der Waals surface area contributed by atoms with Gasteiger partial charge in [0, 0.05) is 13.1 Å². The Bertz CT molecular complexity index is 430. The fourth-order valence-electron chi connectivity index (χ4n) is 2.82. The summed E-state index contributed by atoms with van der Waals surface area (Å²) < 4.78 is 4.59. The quantitative estimate of drug-likeness (QED) is 0.718. The summed E-state index contributed by atoms with van der Waals surface area (Å²) in [5, 5.41) is 9.18. The maximum atomic E-state index is 12.6. The molecular weight excluding hydrogens is 274 g/mol. The van der Waals surface area contributed by atoms with E-state index in [0.29, 0.717) is 6.54 Å². The van der Waals surface area contributed by atoms with E-state index < -0.39 is 23.2 Å². The zero-order valence-electron chi connectivity index (χ0n) is 13.4. The molecule has 1 aliphatic carbocycles. The van der Waals surface area contributed by atoms with Gasteiger partial charge in [-0.15, -0.1) is 0 Å². The minimum absolute atomic E-state index is 0.125. The number of hydrogen-bond donors (Lipinski definition) is 1. The predicted octanol–water partition coefficient (Wildman–Crippen LogP) is 1.39. The molecule has 0 heterocycles. The van der Waals surface area contributed by atoms with Gasteiger partial charge >= 0.3 is 11.9 Å². The largest absolute Gasteiger partial charge is 0.481 e. The highest BCUT2D eigenvalue weighted by Gasteiger charge is 2.66. The molecule has 0 aromatic rings. The van der Waals surface area contributed by atoms with Gasteiger partial charge in [0.1, 0.15) is 0 Å². The zero-order valence-corrected chi connectivity index (χ0v) is 13.4. The second-order valence-corrected chi connectivity index (χ2v) is 6.62. The monoisotopic (exact) mass is 299 g/mol. The van der Waals surface area contributed by atoms with Crippen molar-refractivity contribution in [3.63, 3.8) is 0 Å². The average molecular weight is 299 g/mol. The van der Waals surface area contributed by atoms with E-state index in [-0.39, 0.29) is 30.8 Å². The molecule has 1 rings (SSSR count). The SMILES string of the molecule is COC(=O)CCN(CC(C)C)C(=O)C1C(C(=O)O)C1(C)C. The van der Waals surface area contributed by atoms with E-state index in [1.165, 1.54) is 7.11 Å². The number of carbonyl (C=O) groups excluding carboxylic acids is 2. The maximum absolute atomic E-state index is 12.6. The van der Waals surface area contributed by atoms with Gasteiger partial charge in [-0.2, -0.15) is 0 Å². The van der Waals surface area contributed by atoms with Crippen LogP contribution in [0.2, 0.25) is 0 Å². The van der Waals surface area contributed by atoms with Crippen LogP contribution in [0.3, 0.4) is 0 Å². The Kier molecular flexibility index (Phi) is 5.36. The number of methoxy groups -OCH3 is 1. The molecule has 120 valence electrons. The van der Waals surface area contributed by atoms with Crippen molar-refractivity contribution in [2.45, 2.75) is 34.1 Å². The Balaban J connectivity index is 2.77. The van der Waals surface area contributed by atoms with Gasteiger partial charge in [0.15, 0.2) is 0 Å². The van der Waals surface area contributed by atoms with Crippen LogP contribution in [0, 0.1) is 23.2 Å². The fourth-order valence-corrected chi connectivity index (χ4v) is 2.82.